The first-order valence-electron chi connectivity index (χ1n) is 8.06. The van der Waals surface area contributed by atoms with E-state index in [-0.39, 0.29) is 5.91 Å². The molecule has 1 amide bonds. The van der Waals surface area contributed by atoms with Crippen molar-refractivity contribution in [2.45, 2.75) is 13.8 Å². The largest absolute Gasteiger partial charge is 0.354 e. The maximum absolute atomic E-state index is 11.7. The monoisotopic (exact) mass is 383 g/mol. The lowest BCUT2D eigenvalue weighted by Gasteiger charge is -2.01. The van der Waals surface area contributed by atoms with Gasteiger partial charge in [0.1, 0.15) is 11.3 Å². The molecule has 0 bridgehead atoms. The van der Waals surface area contributed by atoms with E-state index in [9.17, 15) is 4.79 Å². The van der Waals surface area contributed by atoms with E-state index < -0.39 is 0 Å². The van der Waals surface area contributed by atoms with E-state index >= 15 is 0 Å². The second-order valence-electron chi connectivity index (χ2n) is 5.84. The summed E-state index contributed by atoms with van der Waals surface area (Å²) in [5, 5.41) is 9.60. The number of pyridine rings is 1. The molecule has 4 rings (SSSR count). The Bertz CT molecular complexity index is 1110. The normalized spacial score (nSPS) is 11.0. The van der Waals surface area contributed by atoms with Gasteiger partial charge in [0.05, 0.1) is 21.3 Å². The quantitative estimate of drug-likeness (QED) is 0.553. The lowest BCUT2D eigenvalue weighted by molar-refractivity contribution is 0.0967. The minimum absolute atomic E-state index is 0.0837. The van der Waals surface area contributed by atoms with Crippen LogP contribution >= 0.6 is 22.7 Å². The van der Waals surface area contributed by atoms with E-state index in [4.69, 9.17) is 4.98 Å². The minimum Gasteiger partial charge on any atom is -0.354 e. The van der Waals surface area contributed by atoms with Crippen LogP contribution in [0.5, 0.6) is 0 Å². The number of anilines is 2. The zero-order valence-electron chi connectivity index (χ0n) is 14.5. The van der Waals surface area contributed by atoms with Gasteiger partial charge in [-0.1, -0.05) is 6.07 Å². The first kappa shape index (κ1) is 16.7. The van der Waals surface area contributed by atoms with Crippen molar-refractivity contribution in [2.24, 2.45) is 0 Å². The van der Waals surface area contributed by atoms with Crippen LogP contribution in [0.15, 0.2) is 35.8 Å². The molecular formula is C18H17N5OS2. The second kappa shape index (κ2) is 6.54. The van der Waals surface area contributed by atoms with Gasteiger partial charge in [-0.25, -0.2) is 9.97 Å². The highest BCUT2D eigenvalue weighted by atomic mass is 32.1. The highest BCUT2D eigenvalue weighted by molar-refractivity contribution is 7.18. The molecule has 4 aromatic heterocycles. The molecule has 0 aromatic carbocycles. The standard InChI is InChI=1S/C18H17N5OS2/c1-10-5-4-8-23-15(11(2)20-16(10)23)12-9-25-18(21-12)22-14-7-6-13(26-14)17(24)19-3/h4-9H,1-3H3,(H,19,24)(H,21,22). The number of amides is 1. The summed E-state index contributed by atoms with van der Waals surface area (Å²) in [6, 6.07) is 7.77. The molecule has 4 heterocycles. The number of thiophene rings is 1. The molecule has 132 valence electrons. The second-order valence-corrected chi connectivity index (χ2v) is 7.78. The van der Waals surface area contributed by atoms with Crippen molar-refractivity contribution < 1.29 is 4.79 Å². The average molecular weight is 384 g/mol. The van der Waals surface area contributed by atoms with Gasteiger partial charge in [-0.15, -0.1) is 22.7 Å². The first-order valence-corrected chi connectivity index (χ1v) is 9.75. The first-order chi connectivity index (χ1) is 12.6. The van der Waals surface area contributed by atoms with Crippen molar-refractivity contribution in [2.75, 3.05) is 12.4 Å². The molecule has 6 nitrogen and oxygen atoms in total. The van der Waals surface area contributed by atoms with Crippen LogP contribution < -0.4 is 10.6 Å². The van der Waals surface area contributed by atoms with Gasteiger partial charge in [-0.05, 0) is 37.6 Å². The molecule has 0 aliphatic rings. The van der Waals surface area contributed by atoms with Gasteiger partial charge in [0.2, 0.25) is 0 Å². The van der Waals surface area contributed by atoms with Gasteiger partial charge in [0.25, 0.3) is 5.91 Å². The SMILES string of the molecule is CNC(=O)c1ccc(Nc2nc(-c3c(C)nc4c(C)cccn34)cs2)s1. The predicted octanol–water partition coefficient (Wildman–Crippen LogP) is 4.24. The third-order valence-corrected chi connectivity index (χ3v) is 5.81. The van der Waals surface area contributed by atoms with Crippen LogP contribution in [0, 0.1) is 13.8 Å². The van der Waals surface area contributed by atoms with E-state index in [1.807, 2.05) is 30.6 Å². The average Bonchev–Trinajstić information content (AvgIpc) is 3.34. The number of carbonyl (C=O) groups excluding carboxylic acids is 1. The van der Waals surface area contributed by atoms with Crippen LogP contribution in [0.3, 0.4) is 0 Å². The Hall–Kier alpha value is -2.71. The van der Waals surface area contributed by atoms with Crippen molar-refractivity contribution in [1.82, 2.24) is 19.7 Å². The van der Waals surface area contributed by atoms with Crippen LogP contribution in [0.25, 0.3) is 17.0 Å². The van der Waals surface area contributed by atoms with Crippen molar-refractivity contribution >= 4 is 44.4 Å². The van der Waals surface area contributed by atoms with E-state index in [0.717, 1.165) is 38.4 Å². The van der Waals surface area contributed by atoms with E-state index in [1.165, 1.54) is 22.7 Å². The van der Waals surface area contributed by atoms with E-state index in [1.54, 1.807) is 13.1 Å². The van der Waals surface area contributed by atoms with E-state index in [0.29, 0.717) is 4.88 Å². The zero-order valence-corrected chi connectivity index (χ0v) is 16.2. The number of hydrogen-bond donors (Lipinski definition) is 2. The number of aromatic nitrogens is 3. The third-order valence-electron chi connectivity index (χ3n) is 4.05. The number of fused-ring (bicyclic) bond motifs is 1. The fourth-order valence-corrected chi connectivity index (χ4v) is 4.45. The van der Waals surface area contributed by atoms with Gasteiger partial charge in [0, 0.05) is 18.6 Å². The summed E-state index contributed by atoms with van der Waals surface area (Å²) in [7, 11) is 1.63. The molecule has 26 heavy (non-hydrogen) atoms. The highest BCUT2D eigenvalue weighted by Crippen LogP contribution is 2.32. The van der Waals surface area contributed by atoms with Crippen molar-refractivity contribution in [1.29, 1.82) is 0 Å². The maximum Gasteiger partial charge on any atom is 0.261 e. The number of nitrogens with one attached hydrogen (secondary N) is 2. The maximum atomic E-state index is 11.7. The highest BCUT2D eigenvalue weighted by Gasteiger charge is 2.15. The summed E-state index contributed by atoms with van der Waals surface area (Å²) < 4.78 is 2.08. The van der Waals surface area contributed by atoms with Crippen LogP contribution in [0.4, 0.5) is 10.1 Å². The number of nitrogens with zero attached hydrogens (tertiary/aromatic N) is 3. The molecule has 4 aromatic rings. The van der Waals surface area contributed by atoms with Crippen molar-refractivity contribution in [3.8, 4) is 11.4 Å². The van der Waals surface area contributed by atoms with Crippen LogP contribution in [0.1, 0.15) is 20.9 Å². The van der Waals surface area contributed by atoms with Gasteiger partial charge < -0.3 is 10.6 Å². The summed E-state index contributed by atoms with van der Waals surface area (Å²) in [4.78, 5) is 21.7. The Kier molecular flexibility index (Phi) is 4.21. The number of hydrogen-bond acceptors (Lipinski definition) is 6. The van der Waals surface area contributed by atoms with Gasteiger partial charge in [0.15, 0.2) is 5.13 Å². The molecule has 2 N–H and O–H groups in total. The summed E-state index contributed by atoms with van der Waals surface area (Å²) in [6.45, 7) is 4.06. The molecule has 0 aliphatic heterocycles. The Morgan fingerprint density at radius 1 is 1.19 bits per heavy atom. The fourth-order valence-electron chi connectivity index (χ4n) is 2.82. The Morgan fingerprint density at radius 3 is 2.85 bits per heavy atom. The molecule has 8 heteroatoms. The number of aryl methyl sites for hydroxylation is 2. The van der Waals surface area contributed by atoms with Gasteiger partial charge in [-0.3, -0.25) is 9.20 Å². The third kappa shape index (κ3) is 2.87. The van der Waals surface area contributed by atoms with Crippen molar-refractivity contribution in [3.63, 3.8) is 0 Å². The number of thiazole rings is 1. The smallest absolute Gasteiger partial charge is 0.261 e. The molecule has 0 radical (unpaired) electrons. The topological polar surface area (TPSA) is 71.3 Å². The Balaban J connectivity index is 1.65. The molecule has 0 aliphatic carbocycles. The number of imidazole rings is 1. The lowest BCUT2D eigenvalue weighted by Crippen LogP contribution is -2.15. The van der Waals surface area contributed by atoms with Crippen molar-refractivity contribution in [3.05, 3.63) is 52.0 Å². The summed E-state index contributed by atoms with van der Waals surface area (Å²) in [6.07, 6.45) is 2.01. The molecular weight excluding hydrogens is 366 g/mol. The molecule has 0 saturated carbocycles. The fraction of sp³-hybridized carbons (Fsp3) is 0.167. The number of carbonyl (C=O) groups is 1. The predicted molar refractivity (Wildman–Crippen MR) is 107 cm³/mol. The summed E-state index contributed by atoms with van der Waals surface area (Å²) in [5.74, 6) is -0.0837. The van der Waals surface area contributed by atoms with Crippen LogP contribution in [0.2, 0.25) is 0 Å². The molecule has 0 atom stereocenters. The van der Waals surface area contributed by atoms with Gasteiger partial charge >= 0.3 is 0 Å². The van der Waals surface area contributed by atoms with Gasteiger partial charge in [-0.2, -0.15) is 0 Å². The minimum atomic E-state index is -0.0837. The van der Waals surface area contributed by atoms with Crippen LogP contribution in [-0.4, -0.2) is 27.3 Å². The molecule has 0 unspecified atom stereocenters. The Morgan fingerprint density at radius 2 is 2.04 bits per heavy atom. The summed E-state index contributed by atoms with van der Waals surface area (Å²) in [5.41, 5.74) is 4.93. The molecule has 0 spiro atoms. The lowest BCUT2D eigenvalue weighted by atomic mass is 10.3. The zero-order chi connectivity index (χ0) is 18.3. The molecule has 0 fully saturated rings. The number of rotatable bonds is 4. The summed E-state index contributed by atoms with van der Waals surface area (Å²) >= 11 is 2.93. The Labute approximate surface area is 158 Å². The molecule has 0 saturated heterocycles. The van der Waals surface area contributed by atoms with Crippen LogP contribution in [-0.2, 0) is 0 Å². The van der Waals surface area contributed by atoms with E-state index in [2.05, 4.69) is 33.0 Å².